The van der Waals surface area contributed by atoms with Crippen LogP contribution in [-0.4, -0.2) is 42.4 Å². The highest BCUT2D eigenvalue weighted by molar-refractivity contribution is 6.30. The molecule has 1 aromatic carbocycles. The lowest BCUT2D eigenvalue weighted by Crippen LogP contribution is -2.39. The molecule has 1 aliphatic heterocycles. The average molecular weight is 370 g/mol. The van der Waals surface area contributed by atoms with Crippen molar-refractivity contribution in [2.24, 2.45) is 0 Å². The number of hydrogen-bond donors (Lipinski definition) is 2. The number of benzene rings is 1. The molecule has 1 aromatic rings. The third kappa shape index (κ3) is 6.65. The fourth-order valence-corrected chi connectivity index (χ4v) is 2.80. The predicted molar refractivity (Wildman–Crippen MR) is 93.6 cm³/mol. The van der Waals surface area contributed by atoms with E-state index < -0.39 is 18.1 Å². The zero-order valence-electron chi connectivity index (χ0n) is 14.2. The van der Waals surface area contributed by atoms with Gasteiger partial charge in [0, 0.05) is 11.6 Å². The number of carbonyl (C=O) groups is 2. The Morgan fingerprint density at radius 2 is 2.08 bits per heavy atom. The Hall–Kier alpha value is -1.63. The Labute approximate surface area is 152 Å². The third-order valence-corrected chi connectivity index (χ3v) is 4.39. The normalized spacial score (nSPS) is 19.8. The molecule has 1 heterocycles. The Morgan fingerprint density at radius 3 is 2.68 bits per heavy atom. The number of nitrogens with one attached hydrogen (secondary N) is 1. The monoisotopic (exact) mass is 369 g/mol. The molecule has 1 fully saturated rings. The van der Waals surface area contributed by atoms with Gasteiger partial charge < -0.3 is 19.9 Å². The highest BCUT2D eigenvalue weighted by Crippen LogP contribution is 2.20. The van der Waals surface area contributed by atoms with Crippen molar-refractivity contribution in [3.05, 3.63) is 34.9 Å². The van der Waals surface area contributed by atoms with E-state index >= 15 is 0 Å². The third-order valence-electron chi connectivity index (χ3n) is 4.14. The molecule has 3 atom stereocenters. The van der Waals surface area contributed by atoms with Crippen LogP contribution >= 0.6 is 11.6 Å². The van der Waals surface area contributed by atoms with Gasteiger partial charge in [-0.1, -0.05) is 23.7 Å². The van der Waals surface area contributed by atoms with Crippen LogP contribution in [0, 0.1) is 0 Å². The van der Waals surface area contributed by atoms with E-state index in [-0.39, 0.29) is 18.4 Å². The molecular formula is C18H24ClNO5. The summed E-state index contributed by atoms with van der Waals surface area (Å²) in [5.41, 5.74) is 0.683. The number of carboxylic acids is 1. The van der Waals surface area contributed by atoms with Crippen LogP contribution in [0.15, 0.2) is 24.3 Å². The summed E-state index contributed by atoms with van der Waals surface area (Å²) in [6.07, 6.45) is 2.22. The van der Waals surface area contributed by atoms with E-state index in [4.69, 9.17) is 26.2 Å². The largest absolute Gasteiger partial charge is 0.481 e. The van der Waals surface area contributed by atoms with Gasteiger partial charge in [-0.3, -0.25) is 9.59 Å². The lowest BCUT2D eigenvalue weighted by atomic mass is 10.0. The van der Waals surface area contributed by atoms with Crippen LogP contribution in [0.2, 0.25) is 5.02 Å². The van der Waals surface area contributed by atoms with Crippen molar-refractivity contribution in [2.75, 3.05) is 13.2 Å². The van der Waals surface area contributed by atoms with Gasteiger partial charge >= 0.3 is 5.97 Å². The number of amides is 1. The molecule has 1 amide bonds. The van der Waals surface area contributed by atoms with Crippen molar-refractivity contribution >= 4 is 23.5 Å². The first kappa shape index (κ1) is 19.7. The van der Waals surface area contributed by atoms with Gasteiger partial charge in [-0.15, -0.1) is 0 Å². The van der Waals surface area contributed by atoms with E-state index in [0.717, 1.165) is 25.9 Å². The second-order valence-electron chi connectivity index (χ2n) is 6.17. The molecule has 1 aliphatic rings. The van der Waals surface area contributed by atoms with Crippen molar-refractivity contribution in [1.29, 1.82) is 0 Å². The van der Waals surface area contributed by atoms with Crippen LogP contribution in [-0.2, 0) is 19.1 Å². The minimum Gasteiger partial charge on any atom is -0.481 e. The van der Waals surface area contributed by atoms with E-state index in [2.05, 4.69) is 5.32 Å². The zero-order valence-corrected chi connectivity index (χ0v) is 15.0. The molecule has 2 unspecified atom stereocenters. The van der Waals surface area contributed by atoms with Gasteiger partial charge in [0.15, 0.2) is 0 Å². The molecule has 25 heavy (non-hydrogen) atoms. The fourth-order valence-electron chi connectivity index (χ4n) is 2.68. The number of carboxylic acid groups (broad SMARTS) is 1. The molecule has 0 aliphatic carbocycles. The molecule has 6 nitrogen and oxygen atoms in total. The lowest BCUT2D eigenvalue weighted by molar-refractivity contribution is -0.139. The second-order valence-corrected chi connectivity index (χ2v) is 6.61. The molecule has 0 spiro atoms. The molecule has 0 saturated carbocycles. The van der Waals surface area contributed by atoms with E-state index in [1.807, 2.05) is 0 Å². The number of carbonyl (C=O) groups excluding carboxylic acids is 1. The molecule has 0 aromatic heterocycles. The quantitative estimate of drug-likeness (QED) is 0.735. The Morgan fingerprint density at radius 1 is 1.36 bits per heavy atom. The van der Waals surface area contributed by atoms with Crippen LogP contribution in [0.4, 0.5) is 0 Å². The number of ether oxygens (including phenoxy) is 2. The summed E-state index contributed by atoms with van der Waals surface area (Å²) in [6.45, 7) is 2.74. The highest BCUT2D eigenvalue weighted by atomic mass is 35.5. The SMILES string of the molecule is CC(OCC1CCCCO1)C(=O)N[C@@H](CC(=O)O)c1ccc(Cl)cc1. The predicted octanol–water partition coefficient (Wildman–Crippen LogP) is 2.95. The average Bonchev–Trinajstić information content (AvgIpc) is 2.60. The standard InChI is InChI=1S/C18H24ClNO5/c1-12(25-11-15-4-2-3-9-24-15)18(23)20-16(10-17(21)22)13-5-7-14(19)8-6-13/h5-8,12,15-16H,2-4,9-11H2,1H3,(H,20,23)(H,21,22)/t12?,15?,16-/m0/s1. The summed E-state index contributed by atoms with van der Waals surface area (Å²) in [5, 5.41) is 12.4. The summed E-state index contributed by atoms with van der Waals surface area (Å²) in [6, 6.07) is 6.10. The van der Waals surface area contributed by atoms with Crippen molar-refractivity contribution in [2.45, 2.75) is 50.9 Å². The smallest absolute Gasteiger partial charge is 0.305 e. The van der Waals surface area contributed by atoms with Crippen LogP contribution in [0.1, 0.15) is 44.2 Å². The van der Waals surface area contributed by atoms with Crippen LogP contribution in [0.5, 0.6) is 0 Å². The topological polar surface area (TPSA) is 84.9 Å². The molecule has 1 saturated heterocycles. The summed E-state index contributed by atoms with van der Waals surface area (Å²) < 4.78 is 11.2. The molecule has 0 bridgehead atoms. The van der Waals surface area contributed by atoms with Gasteiger partial charge in [0.1, 0.15) is 6.10 Å². The number of aliphatic carboxylic acids is 1. The molecule has 2 rings (SSSR count). The minimum absolute atomic E-state index is 0.0232. The van der Waals surface area contributed by atoms with Crippen LogP contribution in [0.25, 0.3) is 0 Å². The highest BCUT2D eigenvalue weighted by Gasteiger charge is 2.23. The van der Waals surface area contributed by atoms with Crippen LogP contribution in [0.3, 0.4) is 0 Å². The number of halogens is 1. The maximum absolute atomic E-state index is 12.4. The van der Waals surface area contributed by atoms with E-state index in [9.17, 15) is 9.59 Å². The molecule has 0 radical (unpaired) electrons. The summed E-state index contributed by atoms with van der Waals surface area (Å²) >= 11 is 5.86. The maximum Gasteiger partial charge on any atom is 0.305 e. The van der Waals surface area contributed by atoms with Crippen molar-refractivity contribution in [3.8, 4) is 0 Å². The zero-order chi connectivity index (χ0) is 18.2. The number of rotatable bonds is 8. The Kier molecular flexibility index (Phi) is 7.68. The Bertz CT molecular complexity index is 571. The molecular weight excluding hydrogens is 346 g/mol. The van der Waals surface area contributed by atoms with Gasteiger partial charge in [-0.2, -0.15) is 0 Å². The van der Waals surface area contributed by atoms with E-state index in [1.54, 1.807) is 31.2 Å². The summed E-state index contributed by atoms with van der Waals surface area (Å²) in [4.78, 5) is 23.5. The first-order valence-electron chi connectivity index (χ1n) is 8.46. The van der Waals surface area contributed by atoms with Gasteiger partial charge in [0.05, 0.1) is 25.2 Å². The fraction of sp³-hybridized carbons (Fsp3) is 0.556. The Balaban J connectivity index is 1.90. The molecule has 138 valence electrons. The van der Waals surface area contributed by atoms with Gasteiger partial charge in [0.2, 0.25) is 5.91 Å². The van der Waals surface area contributed by atoms with Crippen molar-refractivity contribution in [1.82, 2.24) is 5.32 Å². The van der Waals surface area contributed by atoms with Crippen molar-refractivity contribution in [3.63, 3.8) is 0 Å². The molecule has 7 heteroatoms. The molecule has 2 N–H and O–H groups in total. The summed E-state index contributed by atoms with van der Waals surface area (Å²) in [5.74, 6) is -1.35. The van der Waals surface area contributed by atoms with E-state index in [1.165, 1.54) is 0 Å². The van der Waals surface area contributed by atoms with E-state index in [0.29, 0.717) is 17.2 Å². The first-order valence-corrected chi connectivity index (χ1v) is 8.84. The van der Waals surface area contributed by atoms with Crippen molar-refractivity contribution < 1.29 is 24.2 Å². The van der Waals surface area contributed by atoms with Gasteiger partial charge in [0.25, 0.3) is 0 Å². The summed E-state index contributed by atoms with van der Waals surface area (Å²) in [7, 11) is 0. The number of hydrogen-bond acceptors (Lipinski definition) is 4. The second kappa shape index (κ2) is 9.75. The van der Waals surface area contributed by atoms with Gasteiger partial charge in [-0.25, -0.2) is 0 Å². The minimum atomic E-state index is -0.996. The first-order chi connectivity index (χ1) is 12.0. The van der Waals surface area contributed by atoms with Gasteiger partial charge in [-0.05, 0) is 43.9 Å². The maximum atomic E-state index is 12.4. The van der Waals surface area contributed by atoms with Crippen LogP contribution < -0.4 is 5.32 Å². The lowest BCUT2D eigenvalue weighted by Gasteiger charge is -2.25.